The maximum Gasteiger partial charge on any atom is 0.0367 e. The molecule has 0 aliphatic heterocycles. The lowest BCUT2D eigenvalue weighted by molar-refractivity contribution is 0.508. The largest absolute Gasteiger partial charge is 0.383 e. The first-order valence-corrected chi connectivity index (χ1v) is 8.41. The molecule has 1 unspecified atom stereocenters. The summed E-state index contributed by atoms with van der Waals surface area (Å²) in [5.41, 5.74) is 8.58. The number of anilines is 2. The first-order chi connectivity index (χ1) is 10.1. The van der Waals surface area contributed by atoms with E-state index in [9.17, 15) is 0 Å². The molecule has 0 saturated heterocycles. The highest BCUT2D eigenvalue weighted by Gasteiger charge is 2.06. The van der Waals surface area contributed by atoms with Gasteiger partial charge in [0.05, 0.1) is 0 Å². The van der Waals surface area contributed by atoms with Gasteiger partial charge in [-0.25, -0.2) is 0 Å². The van der Waals surface area contributed by atoms with E-state index in [2.05, 4.69) is 62.2 Å². The van der Waals surface area contributed by atoms with E-state index >= 15 is 0 Å². The van der Waals surface area contributed by atoms with E-state index < -0.39 is 0 Å². The molecule has 0 spiro atoms. The Morgan fingerprint density at radius 2 is 1.62 bits per heavy atom. The van der Waals surface area contributed by atoms with Gasteiger partial charge < -0.3 is 16.0 Å². The van der Waals surface area contributed by atoms with Gasteiger partial charge in [0.15, 0.2) is 0 Å². The van der Waals surface area contributed by atoms with Crippen molar-refractivity contribution in [2.75, 3.05) is 29.9 Å². The van der Waals surface area contributed by atoms with Gasteiger partial charge in [-0.3, -0.25) is 0 Å². The molecule has 1 atom stereocenters. The molecule has 1 aromatic carbocycles. The van der Waals surface area contributed by atoms with Crippen LogP contribution >= 0.6 is 0 Å². The molecule has 0 saturated carbocycles. The van der Waals surface area contributed by atoms with Crippen LogP contribution < -0.4 is 16.0 Å². The van der Waals surface area contributed by atoms with Gasteiger partial charge in [0.25, 0.3) is 0 Å². The summed E-state index contributed by atoms with van der Waals surface area (Å²) in [5, 5.41) is 3.44. The number of hydrogen-bond donors (Lipinski definition) is 2. The van der Waals surface area contributed by atoms with E-state index in [-0.39, 0.29) is 6.04 Å². The lowest BCUT2D eigenvalue weighted by atomic mass is 10.0. The van der Waals surface area contributed by atoms with Crippen molar-refractivity contribution >= 4 is 11.4 Å². The molecule has 0 aliphatic carbocycles. The van der Waals surface area contributed by atoms with Gasteiger partial charge in [0.1, 0.15) is 0 Å². The first-order valence-electron chi connectivity index (χ1n) is 8.41. The molecule has 0 fully saturated rings. The van der Waals surface area contributed by atoms with Crippen LogP contribution in [0.5, 0.6) is 0 Å². The van der Waals surface area contributed by atoms with Crippen molar-refractivity contribution in [2.45, 2.75) is 53.0 Å². The van der Waals surface area contributed by atoms with Gasteiger partial charge in [-0.15, -0.1) is 0 Å². The lowest BCUT2D eigenvalue weighted by Gasteiger charge is -2.24. The summed E-state index contributed by atoms with van der Waals surface area (Å²) in [6.07, 6.45) is 3.43. The summed E-state index contributed by atoms with van der Waals surface area (Å²) in [6.45, 7) is 12.0. The monoisotopic (exact) mass is 291 g/mol. The van der Waals surface area contributed by atoms with Crippen LogP contribution in [-0.2, 0) is 0 Å². The van der Waals surface area contributed by atoms with E-state index in [4.69, 9.17) is 5.73 Å². The van der Waals surface area contributed by atoms with Gasteiger partial charge in [0.2, 0.25) is 0 Å². The predicted molar refractivity (Wildman–Crippen MR) is 95.2 cm³/mol. The Morgan fingerprint density at radius 3 is 2.10 bits per heavy atom. The zero-order chi connectivity index (χ0) is 15.7. The molecular weight excluding hydrogens is 258 g/mol. The normalized spacial score (nSPS) is 12.5. The number of hydrogen-bond acceptors (Lipinski definition) is 3. The molecular formula is C18H33N3. The topological polar surface area (TPSA) is 41.3 Å². The third kappa shape index (κ3) is 6.85. The van der Waals surface area contributed by atoms with Crippen LogP contribution in [0.15, 0.2) is 24.3 Å². The predicted octanol–water partition coefficient (Wildman–Crippen LogP) is 4.10. The van der Waals surface area contributed by atoms with Gasteiger partial charge in [0, 0.05) is 37.1 Å². The molecule has 0 radical (unpaired) electrons. The van der Waals surface area contributed by atoms with Crippen LogP contribution in [0.1, 0.15) is 47.0 Å². The fourth-order valence-electron chi connectivity index (χ4n) is 2.64. The fraction of sp³-hybridized carbons (Fsp3) is 0.667. The number of nitrogens with zero attached hydrogens (tertiary/aromatic N) is 1. The molecule has 0 aromatic heterocycles. The first kappa shape index (κ1) is 17.8. The van der Waals surface area contributed by atoms with Crippen molar-refractivity contribution in [2.24, 2.45) is 11.7 Å². The van der Waals surface area contributed by atoms with E-state index in [1.807, 2.05) is 0 Å². The summed E-state index contributed by atoms with van der Waals surface area (Å²) in [4.78, 5) is 2.45. The zero-order valence-corrected chi connectivity index (χ0v) is 14.2. The van der Waals surface area contributed by atoms with Crippen molar-refractivity contribution < 1.29 is 0 Å². The third-order valence-electron chi connectivity index (χ3n) is 3.56. The Bertz CT molecular complexity index is 367. The highest BCUT2D eigenvalue weighted by atomic mass is 15.1. The second kappa shape index (κ2) is 9.67. The van der Waals surface area contributed by atoms with E-state index in [1.54, 1.807) is 0 Å². The number of nitrogens with two attached hydrogens (primary N) is 1. The molecule has 3 heteroatoms. The Morgan fingerprint density at radius 1 is 1.05 bits per heavy atom. The molecule has 0 aliphatic rings. The number of rotatable bonds is 10. The number of nitrogens with one attached hydrogen (secondary N) is 1. The minimum Gasteiger partial charge on any atom is -0.383 e. The Kier molecular flexibility index (Phi) is 8.21. The van der Waals surface area contributed by atoms with Gasteiger partial charge in [-0.2, -0.15) is 0 Å². The molecule has 120 valence electrons. The van der Waals surface area contributed by atoms with Crippen molar-refractivity contribution in [3.8, 4) is 0 Å². The van der Waals surface area contributed by atoms with Crippen LogP contribution in [0.3, 0.4) is 0 Å². The summed E-state index contributed by atoms with van der Waals surface area (Å²) in [6, 6.07) is 8.97. The third-order valence-corrected chi connectivity index (χ3v) is 3.56. The maximum absolute atomic E-state index is 6.11. The SMILES string of the molecule is CCCN(CCC)c1ccc(NCC(N)CC(C)C)cc1. The molecule has 0 heterocycles. The average molecular weight is 291 g/mol. The molecule has 3 nitrogen and oxygen atoms in total. The van der Waals surface area contributed by atoms with Crippen LogP contribution in [0, 0.1) is 5.92 Å². The minimum absolute atomic E-state index is 0.223. The van der Waals surface area contributed by atoms with Crippen molar-refractivity contribution in [3.63, 3.8) is 0 Å². The van der Waals surface area contributed by atoms with Gasteiger partial charge >= 0.3 is 0 Å². The highest BCUT2D eigenvalue weighted by Crippen LogP contribution is 2.18. The van der Waals surface area contributed by atoms with Crippen LogP contribution in [0.2, 0.25) is 0 Å². The van der Waals surface area contributed by atoms with Gasteiger partial charge in [-0.05, 0) is 49.4 Å². The van der Waals surface area contributed by atoms with Crippen LogP contribution in [0.25, 0.3) is 0 Å². The minimum atomic E-state index is 0.223. The Hall–Kier alpha value is -1.22. The standard InChI is InChI=1S/C18H33N3/c1-5-11-21(12-6-2)18-9-7-17(8-10-18)20-14-16(19)13-15(3)4/h7-10,15-16,20H,5-6,11-14,19H2,1-4H3. The van der Waals surface area contributed by atoms with Crippen molar-refractivity contribution in [1.82, 2.24) is 0 Å². The quantitative estimate of drug-likeness (QED) is 0.682. The Labute approximate surface area is 130 Å². The second-order valence-corrected chi connectivity index (χ2v) is 6.30. The molecule has 1 aromatic rings. The average Bonchev–Trinajstić information content (AvgIpc) is 2.45. The van der Waals surface area contributed by atoms with E-state index in [0.717, 1.165) is 31.7 Å². The summed E-state index contributed by atoms with van der Waals surface area (Å²) in [5.74, 6) is 0.654. The highest BCUT2D eigenvalue weighted by molar-refractivity contribution is 5.55. The lowest BCUT2D eigenvalue weighted by Crippen LogP contribution is -2.30. The molecule has 3 N–H and O–H groups in total. The zero-order valence-electron chi connectivity index (χ0n) is 14.2. The summed E-state index contributed by atoms with van der Waals surface area (Å²) >= 11 is 0. The number of benzene rings is 1. The molecule has 0 bridgehead atoms. The van der Waals surface area contributed by atoms with Gasteiger partial charge in [-0.1, -0.05) is 27.7 Å². The Balaban J connectivity index is 2.52. The smallest absolute Gasteiger partial charge is 0.0367 e. The molecule has 21 heavy (non-hydrogen) atoms. The summed E-state index contributed by atoms with van der Waals surface area (Å²) in [7, 11) is 0. The molecule has 1 rings (SSSR count). The fourth-order valence-corrected chi connectivity index (χ4v) is 2.64. The maximum atomic E-state index is 6.11. The van der Waals surface area contributed by atoms with Crippen LogP contribution in [-0.4, -0.2) is 25.7 Å². The van der Waals surface area contributed by atoms with E-state index in [1.165, 1.54) is 18.5 Å². The van der Waals surface area contributed by atoms with Crippen molar-refractivity contribution in [1.29, 1.82) is 0 Å². The second-order valence-electron chi connectivity index (χ2n) is 6.30. The summed E-state index contributed by atoms with van der Waals surface area (Å²) < 4.78 is 0. The van der Waals surface area contributed by atoms with Crippen molar-refractivity contribution in [3.05, 3.63) is 24.3 Å². The van der Waals surface area contributed by atoms with E-state index in [0.29, 0.717) is 5.92 Å². The van der Waals surface area contributed by atoms with Crippen LogP contribution in [0.4, 0.5) is 11.4 Å². The molecule has 0 amide bonds.